The van der Waals surface area contributed by atoms with Crippen molar-refractivity contribution >= 4 is 17.3 Å². The third-order valence-corrected chi connectivity index (χ3v) is 5.92. The van der Waals surface area contributed by atoms with Crippen LogP contribution in [-0.2, 0) is 16.0 Å². The molecule has 0 saturated carbocycles. The van der Waals surface area contributed by atoms with Crippen LogP contribution in [-0.4, -0.2) is 46.3 Å². The molecule has 7 nitrogen and oxygen atoms in total. The van der Waals surface area contributed by atoms with Crippen LogP contribution in [0, 0.1) is 17.8 Å². The third kappa shape index (κ3) is 4.63. The summed E-state index contributed by atoms with van der Waals surface area (Å²) in [7, 11) is 0. The van der Waals surface area contributed by atoms with E-state index in [2.05, 4.69) is 0 Å². The maximum absolute atomic E-state index is 12.8. The van der Waals surface area contributed by atoms with Gasteiger partial charge in [-0.1, -0.05) is 19.1 Å². The fourth-order valence-electron chi connectivity index (χ4n) is 4.63. The molecule has 0 saturated heterocycles. The second-order valence-electron chi connectivity index (χ2n) is 8.06. The number of aliphatic hydroxyl groups is 2. The van der Waals surface area contributed by atoms with Crippen molar-refractivity contribution in [1.82, 2.24) is 0 Å². The van der Waals surface area contributed by atoms with E-state index >= 15 is 0 Å². The van der Waals surface area contributed by atoms with Crippen molar-refractivity contribution in [2.24, 2.45) is 17.8 Å². The predicted molar refractivity (Wildman–Crippen MR) is 111 cm³/mol. The van der Waals surface area contributed by atoms with E-state index < -0.39 is 11.7 Å². The highest BCUT2D eigenvalue weighted by molar-refractivity contribution is 6.20. The molecule has 30 heavy (non-hydrogen) atoms. The first-order valence-electron chi connectivity index (χ1n) is 10.2. The van der Waals surface area contributed by atoms with Crippen molar-refractivity contribution in [1.29, 1.82) is 0 Å². The average molecular weight is 418 g/mol. The first-order valence-corrected chi connectivity index (χ1v) is 10.2. The number of fused-ring (bicyclic) bond motifs is 1. The second-order valence-corrected chi connectivity index (χ2v) is 8.06. The summed E-state index contributed by atoms with van der Waals surface area (Å²) in [5.74, 6) is -1.46. The van der Waals surface area contributed by atoms with E-state index in [1.165, 1.54) is 6.92 Å². The van der Waals surface area contributed by atoms with Gasteiger partial charge in [-0.2, -0.15) is 0 Å². The monoisotopic (exact) mass is 418 g/mol. The summed E-state index contributed by atoms with van der Waals surface area (Å²) >= 11 is 0. The van der Waals surface area contributed by atoms with Crippen LogP contribution < -0.4 is 4.74 Å². The Morgan fingerprint density at radius 3 is 2.53 bits per heavy atom. The van der Waals surface area contributed by atoms with Crippen LogP contribution in [0.25, 0.3) is 0 Å². The summed E-state index contributed by atoms with van der Waals surface area (Å²) in [4.78, 5) is 36.9. The van der Waals surface area contributed by atoms with Gasteiger partial charge in [0.2, 0.25) is 0 Å². The molecule has 1 aromatic rings. The van der Waals surface area contributed by atoms with Gasteiger partial charge >= 0.3 is 0 Å². The number of carbonyl (C=O) groups excluding carboxylic acids is 3. The summed E-state index contributed by atoms with van der Waals surface area (Å²) in [6, 6.07) is 5.63. The van der Waals surface area contributed by atoms with Gasteiger partial charge in [-0.3, -0.25) is 14.4 Å². The zero-order chi connectivity index (χ0) is 21.1. The Balaban J connectivity index is 0.00000320. The van der Waals surface area contributed by atoms with E-state index in [0.29, 0.717) is 37.2 Å². The van der Waals surface area contributed by atoms with Gasteiger partial charge in [0.15, 0.2) is 17.3 Å². The quantitative estimate of drug-likeness (QED) is 0.653. The van der Waals surface area contributed by atoms with Crippen LogP contribution in [0.5, 0.6) is 5.75 Å². The average Bonchev–Trinajstić information content (AvgIpc) is 2.65. The lowest BCUT2D eigenvalue weighted by molar-refractivity contribution is -0.123. The number of hydrogen-bond donors (Lipinski definition) is 2. The summed E-state index contributed by atoms with van der Waals surface area (Å²) in [5.41, 5.74) is 1.40. The highest BCUT2D eigenvalue weighted by atomic mass is 16.5. The third-order valence-electron chi connectivity index (χ3n) is 5.92. The fraction of sp³-hybridized carbons (Fsp3) is 0.522. The summed E-state index contributed by atoms with van der Waals surface area (Å²) < 4.78 is 5.74. The topological polar surface area (TPSA) is 132 Å². The SMILES string of the molecule is CCCOc1cccc2c1C(=O)CC(CC1CC(=O)C(C(C)=O)=C(O)C1CO)C2.O. The van der Waals surface area contributed by atoms with Crippen LogP contribution in [0.15, 0.2) is 29.5 Å². The largest absolute Gasteiger partial charge is 0.511 e. The van der Waals surface area contributed by atoms with Gasteiger partial charge in [-0.25, -0.2) is 0 Å². The number of ketones is 3. The Morgan fingerprint density at radius 1 is 1.17 bits per heavy atom. The molecule has 2 aliphatic rings. The molecule has 3 rings (SSSR count). The molecule has 4 N–H and O–H groups in total. The molecule has 3 atom stereocenters. The van der Waals surface area contributed by atoms with Gasteiger partial charge in [0.1, 0.15) is 11.5 Å². The summed E-state index contributed by atoms with van der Waals surface area (Å²) in [6.07, 6.45) is 2.50. The Labute approximate surface area is 176 Å². The molecule has 3 unspecified atom stereocenters. The van der Waals surface area contributed by atoms with Crippen molar-refractivity contribution in [3.05, 3.63) is 40.7 Å². The van der Waals surface area contributed by atoms with Crippen LogP contribution in [0.1, 0.15) is 55.5 Å². The maximum atomic E-state index is 12.8. The lowest BCUT2D eigenvalue weighted by atomic mass is 9.70. The first kappa shape index (κ1) is 23.8. The lowest BCUT2D eigenvalue weighted by Gasteiger charge is -2.34. The molecule has 0 amide bonds. The molecule has 7 heteroatoms. The van der Waals surface area contributed by atoms with Gasteiger partial charge in [0.05, 0.1) is 24.4 Å². The van der Waals surface area contributed by atoms with Crippen LogP contribution in [0.3, 0.4) is 0 Å². The van der Waals surface area contributed by atoms with Crippen LogP contribution in [0.2, 0.25) is 0 Å². The molecule has 2 aliphatic carbocycles. The first-order chi connectivity index (χ1) is 13.9. The van der Waals surface area contributed by atoms with Crippen molar-refractivity contribution in [2.75, 3.05) is 13.2 Å². The smallest absolute Gasteiger partial charge is 0.170 e. The molecular formula is C23H30O7. The van der Waals surface area contributed by atoms with Crippen molar-refractivity contribution in [2.45, 2.75) is 46.0 Å². The van der Waals surface area contributed by atoms with Crippen LogP contribution in [0.4, 0.5) is 0 Å². The van der Waals surface area contributed by atoms with Gasteiger partial charge in [-0.15, -0.1) is 0 Å². The minimum absolute atomic E-state index is 0. The number of hydrogen-bond acceptors (Lipinski definition) is 6. The molecule has 0 aromatic heterocycles. The standard InChI is InChI=1S/C23H28O6.H2O/c1-3-7-29-20-6-4-5-15-8-14(10-18(26)22(15)20)9-16-11-19(27)21(13(2)25)23(28)17(16)12-24;/h4-6,14,16-17,24,28H,3,7-12H2,1-2H3;1H2. The molecule has 1 aromatic carbocycles. The number of carbonyl (C=O) groups is 3. The second kappa shape index (κ2) is 10.00. The Hall–Kier alpha value is -2.51. The van der Waals surface area contributed by atoms with Gasteiger partial charge in [0.25, 0.3) is 0 Å². The molecule has 0 spiro atoms. The molecule has 0 radical (unpaired) electrons. The highest BCUT2D eigenvalue weighted by Crippen LogP contribution is 2.40. The normalized spacial score (nSPS) is 23.6. The van der Waals surface area contributed by atoms with E-state index in [-0.39, 0.29) is 53.2 Å². The Bertz CT molecular complexity index is 855. The number of rotatable bonds is 7. The molecule has 0 heterocycles. The predicted octanol–water partition coefficient (Wildman–Crippen LogP) is 2.38. The minimum Gasteiger partial charge on any atom is -0.511 e. The van der Waals surface area contributed by atoms with E-state index in [4.69, 9.17) is 4.74 Å². The Kier molecular flexibility index (Phi) is 7.92. The number of aliphatic hydroxyl groups excluding tert-OH is 2. The lowest BCUT2D eigenvalue weighted by Crippen LogP contribution is -2.35. The van der Waals surface area contributed by atoms with E-state index in [9.17, 15) is 24.6 Å². The summed E-state index contributed by atoms with van der Waals surface area (Å²) in [5, 5.41) is 20.2. The number of Topliss-reactive ketones (excluding diaryl/α,β-unsaturated/α-hetero) is 3. The molecule has 0 bridgehead atoms. The fourth-order valence-corrected chi connectivity index (χ4v) is 4.63. The highest BCUT2D eigenvalue weighted by Gasteiger charge is 2.40. The Morgan fingerprint density at radius 2 is 1.90 bits per heavy atom. The maximum Gasteiger partial charge on any atom is 0.170 e. The number of allylic oxidation sites excluding steroid dienone is 1. The number of ether oxygens (including phenoxy) is 1. The van der Waals surface area contributed by atoms with Crippen molar-refractivity contribution in [3.63, 3.8) is 0 Å². The van der Waals surface area contributed by atoms with Crippen molar-refractivity contribution in [3.8, 4) is 5.75 Å². The molecule has 0 fully saturated rings. The summed E-state index contributed by atoms with van der Waals surface area (Å²) in [6.45, 7) is 3.47. The minimum atomic E-state index is -0.651. The van der Waals surface area contributed by atoms with E-state index in [1.54, 1.807) is 0 Å². The molecular weight excluding hydrogens is 388 g/mol. The number of benzene rings is 1. The molecule has 0 aliphatic heterocycles. The van der Waals surface area contributed by atoms with Crippen LogP contribution >= 0.6 is 0 Å². The van der Waals surface area contributed by atoms with Gasteiger partial charge < -0.3 is 20.4 Å². The van der Waals surface area contributed by atoms with Gasteiger partial charge in [0, 0.05) is 18.8 Å². The zero-order valence-electron chi connectivity index (χ0n) is 17.4. The van der Waals surface area contributed by atoms with E-state index in [0.717, 1.165) is 12.0 Å². The molecule has 164 valence electrons. The van der Waals surface area contributed by atoms with Gasteiger partial charge in [-0.05, 0) is 49.7 Å². The van der Waals surface area contributed by atoms with E-state index in [1.807, 2.05) is 25.1 Å². The van der Waals surface area contributed by atoms with Crippen molar-refractivity contribution < 1.29 is 34.8 Å². The zero-order valence-corrected chi connectivity index (χ0v) is 17.4.